The van der Waals surface area contributed by atoms with Crippen LogP contribution in [0.1, 0.15) is 17.7 Å². The molecule has 1 aromatic heterocycles. The van der Waals surface area contributed by atoms with Crippen LogP contribution in [0.15, 0.2) is 42.6 Å². The van der Waals surface area contributed by atoms with E-state index >= 15 is 0 Å². The Morgan fingerprint density at radius 3 is 2.86 bits per heavy atom. The van der Waals surface area contributed by atoms with Crippen molar-refractivity contribution >= 4 is 5.95 Å². The van der Waals surface area contributed by atoms with E-state index in [0.717, 1.165) is 31.7 Å². The monoisotopic (exact) mass is 298 g/mol. The molecule has 2 atom stereocenters. The van der Waals surface area contributed by atoms with Crippen LogP contribution >= 0.6 is 0 Å². The van der Waals surface area contributed by atoms with E-state index in [4.69, 9.17) is 0 Å². The first-order valence-corrected chi connectivity index (χ1v) is 7.70. The van der Waals surface area contributed by atoms with Gasteiger partial charge in [-0.25, -0.2) is 9.97 Å². The van der Waals surface area contributed by atoms with Crippen LogP contribution in [0.3, 0.4) is 0 Å². The number of aromatic nitrogens is 2. The fourth-order valence-electron chi connectivity index (χ4n) is 2.92. The first kappa shape index (κ1) is 14.9. The van der Waals surface area contributed by atoms with E-state index in [1.807, 2.05) is 19.1 Å². The lowest BCUT2D eigenvalue weighted by molar-refractivity contribution is 0.173. The molecule has 0 spiro atoms. The van der Waals surface area contributed by atoms with E-state index in [0.29, 0.717) is 12.0 Å². The van der Waals surface area contributed by atoms with Gasteiger partial charge in [-0.3, -0.25) is 4.90 Å². The summed E-state index contributed by atoms with van der Waals surface area (Å²) in [6.45, 7) is 4.27. The minimum atomic E-state index is -0.256. The number of nitrogens with zero attached hydrogens (tertiary/aromatic N) is 3. The number of rotatable bonds is 5. The highest BCUT2D eigenvalue weighted by atomic mass is 16.3. The van der Waals surface area contributed by atoms with Crippen molar-refractivity contribution in [3.63, 3.8) is 0 Å². The molecule has 2 N–H and O–H groups in total. The van der Waals surface area contributed by atoms with Crippen LogP contribution in [0.25, 0.3) is 0 Å². The van der Waals surface area contributed by atoms with Crippen LogP contribution in [-0.2, 0) is 6.54 Å². The zero-order chi connectivity index (χ0) is 15.4. The maximum atomic E-state index is 9.99. The van der Waals surface area contributed by atoms with Gasteiger partial charge in [-0.15, -0.1) is 0 Å². The van der Waals surface area contributed by atoms with E-state index < -0.39 is 0 Å². The molecule has 2 aromatic rings. The Morgan fingerprint density at radius 1 is 1.27 bits per heavy atom. The predicted molar refractivity (Wildman–Crippen MR) is 86.5 cm³/mol. The molecule has 1 saturated heterocycles. The maximum absolute atomic E-state index is 9.99. The molecule has 3 rings (SSSR count). The first-order chi connectivity index (χ1) is 10.7. The summed E-state index contributed by atoms with van der Waals surface area (Å²) in [6, 6.07) is 12.5. The van der Waals surface area contributed by atoms with Crippen LogP contribution in [0.2, 0.25) is 0 Å². The van der Waals surface area contributed by atoms with Crippen molar-refractivity contribution in [1.29, 1.82) is 0 Å². The number of aliphatic hydroxyl groups excluding tert-OH is 1. The molecule has 1 aromatic carbocycles. The molecule has 1 fully saturated rings. The average molecular weight is 298 g/mol. The van der Waals surface area contributed by atoms with Crippen LogP contribution in [-0.4, -0.2) is 45.2 Å². The molecule has 116 valence electrons. The summed E-state index contributed by atoms with van der Waals surface area (Å²) in [5.74, 6) is 0.654. The van der Waals surface area contributed by atoms with E-state index in [2.05, 4.69) is 44.5 Å². The maximum Gasteiger partial charge on any atom is 0.222 e. The molecule has 0 radical (unpaired) electrons. The van der Waals surface area contributed by atoms with Crippen molar-refractivity contribution in [1.82, 2.24) is 14.9 Å². The second kappa shape index (κ2) is 6.85. The number of anilines is 1. The van der Waals surface area contributed by atoms with Gasteiger partial charge in [0.15, 0.2) is 0 Å². The van der Waals surface area contributed by atoms with Crippen LogP contribution < -0.4 is 5.32 Å². The van der Waals surface area contributed by atoms with Gasteiger partial charge >= 0.3 is 0 Å². The number of β-amino-alcohol motifs (C(OH)–C–C–N with tert-alkyl or cyclic N) is 1. The number of likely N-dealkylation sites (tertiary alicyclic amines) is 1. The Bertz CT molecular complexity index is 605. The average Bonchev–Trinajstić information content (AvgIpc) is 2.86. The third kappa shape index (κ3) is 3.81. The normalized spacial score (nSPS) is 21.9. The predicted octanol–water partition coefficient (Wildman–Crippen LogP) is 1.83. The molecule has 0 aliphatic carbocycles. The number of aryl methyl sites for hydroxylation is 1. The summed E-state index contributed by atoms with van der Waals surface area (Å²) in [5.41, 5.74) is 2.22. The summed E-state index contributed by atoms with van der Waals surface area (Å²) in [7, 11) is 0. The zero-order valence-corrected chi connectivity index (χ0v) is 12.8. The largest absolute Gasteiger partial charge is 0.392 e. The molecule has 5 nitrogen and oxygen atoms in total. The number of aliphatic hydroxyl groups is 1. The van der Waals surface area contributed by atoms with Crippen molar-refractivity contribution < 1.29 is 5.11 Å². The summed E-state index contributed by atoms with van der Waals surface area (Å²) in [6.07, 6.45) is 2.29. The van der Waals surface area contributed by atoms with Gasteiger partial charge in [0, 0.05) is 37.6 Å². The Morgan fingerprint density at radius 2 is 2.09 bits per heavy atom. The van der Waals surface area contributed by atoms with Crippen LogP contribution in [0, 0.1) is 6.92 Å². The van der Waals surface area contributed by atoms with Gasteiger partial charge in [-0.05, 0) is 25.0 Å². The van der Waals surface area contributed by atoms with Crippen molar-refractivity contribution in [3.05, 3.63) is 53.9 Å². The van der Waals surface area contributed by atoms with E-state index in [9.17, 15) is 5.11 Å². The number of nitrogens with one attached hydrogen (secondary N) is 1. The molecule has 1 aliphatic rings. The molecule has 5 heteroatoms. The molecular formula is C17H22N4O. The van der Waals surface area contributed by atoms with Gasteiger partial charge in [0.1, 0.15) is 0 Å². The van der Waals surface area contributed by atoms with E-state index in [-0.39, 0.29) is 6.10 Å². The summed E-state index contributed by atoms with van der Waals surface area (Å²) in [4.78, 5) is 10.9. The molecular weight excluding hydrogens is 276 g/mol. The summed E-state index contributed by atoms with van der Waals surface area (Å²) < 4.78 is 0. The molecule has 0 saturated carbocycles. The fraction of sp³-hybridized carbons (Fsp3) is 0.412. The number of hydrogen-bond acceptors (Lipinski definition) is 5. The van der Waals surface area contributed by atoms with Gasteiger partial charge in [0.25, 0.3) is 0 Å². The minimum Gasteiger partial charge on any atom is -0.392 e. The van der Waals surface area contributed by atoms with Crippen molar-refractivity contribution in [3.8, 4) is 0 Å². The standard InChI is InChI=1S/C17H22N4O/c1-13-7-8-18-17(20-13)19-10-15-9-16(22)12-21(15)11-14-5-3-2-4-6-14/h2-8,15-16,22H,9-12H2,1H3,(H,18,19,20)/t15-,16-/m1/s1. The third-order valence-corrected chi connectivity index (χ3v) is 4.02. The van der Waals surface area contributed by atoms with Gasteiger partial charge < -0.3 is 10.4 Å². The highest BCUT2D eigenvalue weighted by Crippen LogP contribution is 2.20. The topological polar surface area (TPSA) is 61.3 Å². The van der Waals surface area contributed by atoms with Crippen molar-refractivity contribution in [2.75, 3.05) is 18.4 Å². The van der Waals surface area contributed by atoms with Gasteiger partial charge in [0.05, 0.1) is 6.10 Å². The minimum absolute atomic E-state index is 0.256. The van der Waals surface area contributed by atoms with E-state index in [1.54, 1.807) is 6.20 Å². The lowest BCUT2D eigenvalue weighted by atomic mass is 10.1. The Kier molecular flexibility index (Phi) is 4.65. The lowest BCUT2D eigenvalue weighted by Crippen LogP contribution is -2.34. The Balaban J connectivity index is 1.61. The molecule has 22 heavy (non-hydrogen) atoms. The second-order valence-corrected chi connectivity index (χ2v) is 5.86. The van der Waals surface area contributed by atoms with Crippen LogP contribution in [0.5, 0.6) is 0 Å². The highest BCUT2D eigenvalue weighted by molar-refractivity contribution is 5.25. The molecule has 2 heterocycles. The summed E-state index contributed by atoms with van der Waals surface area (Å²) >= 11 is 0. The highest BCUT2D eigenvalue weighted by Gasteiger charge is 2.30. The smallest absolute Gasteiger partial charge is 0.222 e. The molecule has 0 unspecified atom stereocenters. The SMILES string of the molecule is Cc1ccnc(NC[C@H]2C[C@@H](O)CN2Cc2ccccc2)n1. The lowest BCUT2D eigenvalue weighted by Gasteiger charge is -2.24. The van der Waals surface area contributed by atoms with Gasteiger partial charge in [-0.2, -0.15) is 0 Å². The third-order valence-electron chi connectivity index (χ3n) is 4.02. The molecule has 0 amide bonds. The Hall–Kier alpha value is -1.98. The van der Waals surface area contributed by atoms with Crippen LogP contribution in [0.4, 0.5) is 5.95 Å². The fourth-order valence-corrected chi connectivity index (χ4v) is 2.92. The second-order valence-electron chi connectivity index (χ2n) is 5.86. The Labute approximate surface area is 131 Å². The van der Waals surface area contributed by atoms with E-state index in [1.165, 1.54) is 5.56 Å². The molecule has 0 bridgehead atoms. The quantitative estimate of drug-likeness (QED) is 0.882. The molecule has 1 aliphatic heterocycles. The number of benzene rings is 1. The first-order valence-electron chi connectivity index (χ1n) is 7.70. The van der Waals surface area contributed by atoms with Crippen molar-refractivity contribution in [2.24, 2.45) is 0 Å². The summed E-state index contributed by atoms with van der Waals surface area (Å²) in [5, 5.41) is 13.3. The number of hydrogen-bond donors (Lipinski definition) is 2. The van der Waals surface area contributed by atoms with Gasteiger partial charge in [0.2, 0.25) is 5.95 Å². The van der Waals surface area contributed by atoms with Crippen molar-refractivity contribution in [2.45, 2.75) is 32.0 Å². The zero-order valence-electron chi connectivity index (χ0n) is 12.8. The van der Waals surface area contributed by atoms with Gasteiger partial charge in [-0.1, -0.05) is 30.3 Å².